The minimum absolute atomic E-state index is 0.0471. The molecule has 0 radical (unpaired) electrons. The number of ether oxygens (including phenoxy) is 1. The molecular formula is C19H21ClN4O3S2. The van der Waals surface area contributed by atoms with Gasteiger partial charge in [-0.2, -0.15) is 0 Å². The van der Waals surface area contributed by atoms with E-state index in [1.807, 2.05) is 35.8 Å². The molecule has 10 heteroatoms. The van der Waals surface area contributed by atoms with Gasteiger partial charge >= 0.3 is 0 Å². The molecule has 0 spiro atoms. The number of benzene rings is 2. The maximum Gasteiger partial charge on any atom is 0.240 e. The van der Waals surface area contributed by atoms with Crippen LogP contribution in [0.5, 0.6) is 5.75 Å². The number of sulfonamides is 1. The van der Waals surface area contributed by atoms with E-state index in [1.54, 1.807) is 7.11 Å². The molecule has 0 amide bonds. The molecular weight excluding hydrogens is 432 g/mol. The zero-order valence-corrected chi connectivity index (χ0v) is 18.4. The number of nitrogens with zero attached hydrogens (tertiary/aromatic N) is 3. The van der Waals surface area contributed by atoms with Gasteiger partial charge in [-0.3, -0.25) is 0 Å². The molecule has 1 heterocycles. The minimum atomic E-state index is -3.66. The molecule has 0 fully saturated rings. The first-order valence-electron chi connectivity index (χ1n) is 8.86. The van der Waals surface area contributed by atoms with Crippen molar-refractivity contribution >= 4 is 33.4 Å². The lowest BCUT2D eigenvalue weighted by molar-refractivity contribution is 0.414. The van der Waals surface area contributed by atoms with Gasteiger partial charge in [0.05, 0.1) is 18.6 Å². The number of hydrogen-bond acceptors (Lipinski definition) is 6. The van der Waals surface area contributed by atoms with Crippen molar-refractivity contribution in [2.75, 3.05) is 7.11 Å². The molecule has 1 aromatic heterocycles. The number of methoxy groups -OCH3 is 1. The van der Waals surface area contributed by atoms with Crippen molar-refractivity contribution < 1.29 is 13.2 Å². The number of halogens is 1. The fourth-order valence-corrected chi connectivity index (χ4v) is 4.71. The molecule has 7 nitrogen and oxygen atoms in total. The van der Waals surface area contributed by atoms with E-state index < -0.39 is 10.0 Å². The average Bonchev–Trinajstić information content (AvgIpc) is 3.13. The van der Waals surface area contributed by atoms with Gasteiger partial charge in [-0.05, 0) is 48.9 Å². The number of rotatable bonds is 9. The molecule has 0 aliphatic rings. The third-order valence-corrected chi connectivity index (χ3v) is 6.86. The van der Waals surface area contributed by atoms with Crippen LogP contribution in [0.15, 0.2) is 58.6 Å². The highest BCUT2D eigenvalue weighted by Crippen LogP contribution is 2.24. The monoisotopic (exact) mass is 452 g/mol. The molecule has 29 heavy (non-hydrogen) atoms. The smallest absolute Gasteiger partial charge is 0.240 e. The number of nitrogens with one attached hydrogen (secondary N) is 1. The maximum absolute atomic E-state index is 12.5. The molecule has 154 valence electrons. The molecule has 0 unspecified atom stereocenters. The third-order valence-electron chi connectivity index (χ3n) is 4.16. The van der Waals surface area contributed by atoms with Crippen LogP contribution in [0.2, 0.25) is 5.02 Å². The topological polar surface area (TPSA) is 86.1 Å². The fraction of sp³-hybridized carbons (Fsp3) is 0.263. The Hall–Kier alpha value is -2.07. The first-order valence-corrected chi connectivity index (χ1v) is 11.7. The van der Waals surface area contributed by atoms with Crippen LogP contribution >= 0.6 is 23.4 Å². The first kappa shape index (κ1) is 21.6. The summed E-state index contributed by atoms with van der Waals surface area (Å²) in [5.41, 5.74) is 1.10. The Bertz CT molecular complexity index is 1070. The van der Waals surface area contributed by atoms with E-state index in [9.17, 15) is 8.42 Å². The molecule has 0 bridgehead atoms. The Kier molecular flexibility index (Phi) is 7.18. The molecule has 2 aromatic carbocycles. The van der Waals surface area contributed by atoms with E-state index in [4.69, 9.17) is 16.3 Å². The number of thioether (sulfide) groups is 1. The maximum atomic E-state index is 12.5. The van der Waals surface area contributed by atoms with Crippen LogP contribution in [-0.4, -0.2) is 30.3 Å². The summed E-state index contributed by atoms with van der Waals surface area (Å²) in [5, 5.41) is 9.60. The van der Waals surface area contributed by atoms with E-state index in [0.29, 0.717) is 23.1 Å². The summed E-state index contributed by atoms with van der Waals surface area (Å²) >= 11 is 7.36. The van der Waals surface area contributed by atoms with Crippen molar-refractivity contribution in [2.24, 2.45) is 0 Å². The summed E-state index contributed by atoms with van der Waals surface area (Å²) in [5.74, 6) is 2.06. The van der Waals surface area contributed by atoms with E-state index in [-0.39, 0.29) is 11.4 Å². The molecule has 0 saturated heterocycles. The SMILES string of the molecule is CCn1c(CNS(=O)(=O)c2ccc(Cl)cc2)nnc1SCc1cccc(OC)c1. The highest BCUT2D eigenvalue weighted by atomic mass is 35.5. The second-order valence-corrected chi connectivity index (χ2v) is 9.21. The van der Waals surface area contributed by atoms with Crippen LogP contribution in [0, 0.1) is 0 Å². The quantitative estimate of drug-likeness (QED) is 0.498. The van der Waals surface area contributed by atoms with E-state index >= 15 is 0 Å². The van der Waals surface area contributed by atoms with Crippen LogP contribution in [0.25, 0.3) is 0 Å². The van der Waals surface area contributed by atoms with Crippen molar-refractivity contribution in [1.82, 2.24) is 19.5 Å². The van der Waals surface area contributed by atoms with Gasteiger partial charge in [0.25, 0.3) is 0 Å². The van der Waals surface area contributed by atoms with Gasteiger partial charge in [0.2, 0.25) is 10.0 Å². The second-order valence-electron chi connectivity index (χ2n) is 6.06. The highest BCUT2D eigenvalue weighted by Gasteiger charge is 2.17. The van der Waals surface area contributed by atoms with Crippen molar-refractivity contribution in [2.45, 2.75) is 35.8 Å². The van der Waals surface area contributed by atoms with Gasteiger partial charge in [0, 0.05) is 17.3 Å². The predicted molar refractivity (Wildman–Crippen MR) is 114 cm³/mol. The molecule has 1 N–H and O–H groups in total. The Labute approximate surface area is 179 Å². The van der Waals surface area contributed by atoms with E-state index in [0.717, 1.165) is 16.5 Å². The molecule has 3 rings (SSSR count). The molecule has 0 aliphatic heterocycles. The molecule has 0 atom stereocenters. The molecule has 0 aliphatic carbocycles. The summed E-state index contributed by atoms with van der Waals surface area (Å²) in [7, 11) is -2.03. The average molecular weight is 453 g/mol. The lowest BCUT2D eigenvalue weighted by Crippen LogP contribution is -2.25. The largest absolute Gasteiger partial charge is 0.497 e. The summed E-state index contributed by atoms with van der Waals surface area (Å²) < 4.78 is 34.6. The van der Waals surface area contributed by atoms with Gasteiger partial charge in [-0.1, -0.05) is 35.5 Å². The number of aromatic nitrogens is 3. The molecule has 0 saturated carbocycles. The Morgan fingerprint density at radius 3 is 2.62 bits per heavy atom. The van der Waals surface area contributed by atoms with Crippen LogP contribution in [0.4, 0.5) is 0 Å². The standard InChI is InChI=1S/C19H21ClN4O3S2/c1-3-24-18(12-21-29(25,26)17-9-7-15(20)8-10-17)22-23-19(24)28-13-14-5-4-6-16(11-14)27-2/h4-11,21H,3,12-13H2,1-2H3. The van der Waals surface area contributed by atoms with Crippen molar-refractivity contribution in [3.8, 4) is 5.75 Å². The Balaban J connectivity index is 1.68. The molecule has 3 aromatic rings. The fourth-order valence-electron chi connectivity index (χ4n) is 2.64. The zero-order chi connectivity index (χ0) is 20.9. The van der Waals surface area contributed by atoms with Gasteiger partial charge in [-0.25, -0.2) is 13.1 Å². The van der Waals surface area contributed by atoms with Crippen LogP contribution in [0.3, 0.4) is 0 Å². The van der Waals surface area contributed by atoms with Crippen LogP contribution < -0.4 is 9.46 Å². The van der Waals surface area contributed by atoms with E-state index in [2.05, 4.69) is 14.9 Å². The third kappa shape index (κ3) is 5.51. The zero-order valence-electron chi connectivity index (χ0n) is 16.0. The predicted octanol–water partition coefficient (Wildman–Crippen LogP) is 3.73. The summed E-state index contributed by atoms with van der Waals surface area (Å²) in [6.07, 6.45) is 0. The minimum Gasteiger partial charge on any atom is -0.497 e. The number of hydrogen-bond donors (Lipinski definition) is 1. The Morgan fingerprint density at radius 2 is 1.93 bits per heavy atom. The van der Waals surface area contributed by atoms with E-state index in [1.165, 1.54) is 36.0 Å². The highest BCUT2D eigenvalue weighted by molar-refractivity contribution is 7.98. The summed E-state index contributed by atoms with van der Waals surface area (Å²) in [6.45, 7) is 2.65. The van der Waals surface area contributed by atoms with Gasteiger partial charge < -0.3 is 9.30 Å². The van der Waals surface area contributed by atoms with Crippen molar-refractivity contribution in [1.29, 1.82) is 0 Å². The normalized spacial score (nSPS) is 11.6. The van der Waals surface area contributed by atoms with Crippen molar-refractivity contribution in [3.63, 3.8) is 0 Å². The lowest BCUT2D eigenvalue weighted by atomic mass is 10.2. The lowest BCUT2D eigenvalue weighted by Gasteiger charge is -2.09. The van der Waals surface area contributed by atoms with Gasteiger partial charge in [0.15, 0.2) is 5.16 Å². The Morgan fingerprint density at radius 1 is 1.17 bits per heavy atom. The van der Waals surface area contributed by atoms with Crippen molar-refractivity contribution in [3.05, 3.63) is 64.9 Å². The van der Waals surface area contributed by atoms with Gasteiger partial charge in [0.1, 0.15) is 11.6 Å². The van der Waals surface area contributed by atoms with Gasteiger partial charge in [-0.15, -0.1) is 10.2 Å². The summed E-state index contributed by atoms with van der Waals surface area (Å²) in [4.78, 5) is 0.150. The first-order chi connectivity index (χ1) is 13.9. The van der Waals surface area contributed by atoms with Crippen LogP contribution in [0.1, 0.15) is 18.3 Å². The van der Waals surface area contributed by atoms with Crippen LogP contribution in [-0.2, 0) is 28.9 Å². The second kappa shape index (κ2) is 9.62. The summed E-state index contributed by atoms with van der Waals surface area (Å²) in [6, 6.07) is 13.8.